The number of aromatic nitrogens is 1. The van der Waals surface area contributed by atoms with Gasteiger partial charge in [-0.25, -0.2) is 9.29 Å². The number of anilines is 1. The zero-order valence-electron chi connectivity index (χ0n) is 17.6. The number of rotatable bonds is 3. The molecule has 0 saturated carbocycles. The molecule has 1 saturated heterocycles. The Morgan fingerprint density at radius 3 is 2.15 bits per heavy atom. The van der Waals surface area contributed by atoms with Crippen LogP contribution in [0.15, 0.2) is 84.6 Å². The molecular weight excluding hydrogens is 437 g/mol. The maximum Gasteiger partial charge on any atom is 0.260 e. The zero-order chi connectivity index (χ0) is 23.6. The third-order valence-electron chi connectivity index (χ3n) is 6.47. The highest BCUT2D eigenvalue weighted by molar-refractivity contribution is 6.25. The van der Waals surface area contributed by atoms with E-state index in [0.717, 1.165) is 33.6 Å². The second-order valence-electron chi connectivity index (χ2n) is 8.26. The Kier molecular flexibility index (Phi) is 4.25. The minimum Gasteiger partial charge on any atom is -0.312 e. The molecule has 8 heteroatoms. The SMILES string of the molecule is O=C1C2C([N+](=O)[O-])=Cc3c(n(-c4ccccc4)c4ccccc34)C2C(=O)N1c1ccc(F)cc1. The fraction of sp³-hybridized carbons (Fsp3) is 0.0769. The molecule has 0 bridgehead atoms. The molecule has 1 fully saturated rings. The van der Waals surface area contributed by atoms with Crippen LogP contribution in [-0.2, 0) is 9.59 Å². The average molecular weight is 453 g/mol. The zero-order valence-corrected chi connectivity index (χ0v) is 17.6. The largest absolute Gasteiger partial charge is 0.312 e. The van der Waals surface area contributed by atoms with Gasteiger partial charge in [-0.3, -0.25) is 19.7 Å². The van der Waals surface area contributed by atoms with E-state index < -0.39 is 34.4 Å². The van der Waals surface area contributed by atoms with Gasteiger partial charge in [0.1, 0.15) is 17.7 Å². The Balaban J connectivity index is 1.66. The molecule has 3 aromatic carbocycles. The molecule has 34 heavy (non-hydrogen) atoms. The summed E-state index contributed by atoms with van der Waals surface area (Å²) in [7, 11) is 0. The Morgan fingerprint density at radius 1 is 0.794 bits per heavy atom. The van der Waals surface area contributed by atoms with Crippen molar-refractivity contribution in [3.63, 3.8) is 0 Å². The fourth-order valence-corrected chi connectivity index (χ4v) is 5.09. The number of nitro groups is 1. The molecule has 6 rings (SSSR count). The lowest BCUT2D eigenvalue weighted by molar-refractivity contribution is -0.430. The van der Waals surface area contributed by atoms with Crippen LogP contribution < -0.4 is 4.90 Å². The van der Waals surface area contributed by atoms with Crippen molar-refractivity contribution in [3.8, 4) is 5.69 Å². The van der Waals surface area contributed by atoms with Crippen LogP contribution in [0.4, 0.5) is 10.1 Å². The van der Waals surface area contributed by atoms with Crippen molar-refractivity contribution in [3.05, 3.63) is 112 Å². The van der Waals surface area contributed by atoms with Crippen LogP contribution in [-0.4, -0.2) is 21.3 Å². The highest BCUT2D eigenvalue weighted by Gasteiger charge is 2.58. The number of nitrogens with zero attached hydrogens (tertiary/aromatic N) is 3. The van der Waals surface area contributed by atoms with Crippen LogP contribution in [0, 0.1) is 21.8 Å². The van der Waals surface area contributed by atoms with Gasteiger partial charge < -0.3 is 4.57 Å². The van der Waals surface area contributed by atoms with Gasteiger partial charge >= 0.3 is 0 Å². The maximum atomic E-state index is 13.8. The average Bonchev–Trinajstić information content (AvgIpc) is 3.31. The molecule has 1 aromatic heterocycles. The van der Waals surface area contributed by atoms with E-state index in [4.69, 9.17) is 0 Å². The second kappa shape index (κ2) is 7.21. The Bertz CT molecular complexity index is 1540. The number of carbonyl (C=O) groups is 2. The molecule has 0 spiro atoms. The summed E-state index contributed by atoms with van der Waals surface area (Å²) in [5.74, 6) is -4.16. The summed E-state index contributed by atoms with van der Waals surface area (Å²) in [5, 5.41) is 12.8. The van der Waals surface area contributed by atoms with E-state index in [9.17, 15) is 24.1 Å². The van der Waals surface area contributed by atoms with E-state index in [0.29, 0.717) is 11.3 Å². The van der Waals surface area contributed by atoms with Crippen LogP contribution in [0.2, 0.25) is 0 Å². The molecule has 2 heterocycles. The minimum absolute atomic E-state index is 0.178. The first kappa shape index (κ1) is 20.0. The van der Waals surface area contributed by atoms with E-state index in [1.165, 1.54) is 18.2 Å². The molecule has 2 amide bonds. The van der Waals surface area contributed by atoms with Gasteiger partial charge in [0.05, 0.1) is 16.1 Å². The highest BCUT2D eigenvalue weighted by Crippen LogP contribution is 2.49. The molecule has 2 atom stereocenters. The number of amides is 2. The number of carbonyl (C=O) groups excluding carboxylic acids is 2. The van der Waals surface area contributed by atoms with Crippen LogP contribution in [0.25, 0.3) is 22.7 Å². The number of imide groups is 1. The number of para-hydroxylation sites is 2. The number of fused-ring (bicyclic) bond motifs is 5. The lowest BCUT2D eigenvalue weighted by Crippen LogP contribution is -2.31. The Morgan fingerprint density at radius 2 is 1.44 bits per heavy atom. The fourth-order valence-electron chi connectivity index (χ4n) is 5.09. The van der Waals surface area contributed by atoms with E-state index in [1.807, 2.05) is 59.2 Å². The molecule has 1 aliphatic heterocycles. The lowest BCUT2D eigenvalue weighted by Gasteiger charge is -2.22. The molecule has 166 valence electrons. The molecule has 7 nitrogen and oxygen atoms in total. The molecule has 2 unspecified atom stereocenters. The van der Waals surface area contributed by atoms with E-state index in [-0.39, 0.29) is 11.4 Å². The Hall–Kier alpha value is -4.59. The van der Waals surface area contributed by atoms with Gasteiger partial charge in [-0.15, -0.1) is 0 Å². The van der Waals surface area contributed by atoms with Gasteiger partial charge in [0.25, 0.3) is 5.70 Å². The highest BCUT2D eigenvalue weighted by atomic mass is 19.1. The van der Waals surface area contributed by atoms with E-state index in [2.05, 4.69) is 0 Å². The quantitative estimate of drug-likeness (QED) is 0.256. The van der Waals surface area contributed by atoms with Gasteiger partial charge in [-0.05, 0) is 42.5 Å². The first-order valence-electron chi connectivity index (χ1n) is 10.7. The van der Waals surface area contributed by atoms with Gasteiger partial charge in [-0.2, -0.15) is 0 Å². The number of benzene rings is 3. The van der Waals surface area contributed by atoms with Crippen molar-refractivity contribution in [2.45, 2.75) is 5.92 Å². The number of halogens is 1. The van der Waals surface area contributed by atoms with Gasteiger partial charge in [0.2, 0.25) is 11.8 Å². The molecule has 0 radical (unpaired) electrons. The van der Waals surface area contributed by atoms with Crippen molar-refractivity contribution in [2.75, 3.05) is 4.90 Å². The minimum atomic E-state index is -1.29. The molecule has 1 aliphatic carbocycles. The van der Waals surface area contributed by atoms with Gasteiger partial charge in [0, 0.05) is 28.4 Å². The maximum absolute atomic E-state index is 13.8. The summed E-state index contributed by atoms with van der Waals surface area (Å²) in [4.78, 5) is 39.7. The van der Waals surface area contributed by atoms with Crippen LogP contribution >= 0.6 is 0 Å². The standard InChI is InChI=1S/C26H16FN3O4/c27-15-10-12-17(13-11-15)29-25(31)22-21(30(33)34)14-19-18-8-4-5-9-20(18)28(16-6-2-1-3-7-16)24(19)23(22)26(29)32/h1-14,22-23H. The normalized spacial score (nSPS) is 19.2. The monoisotopic (exact) mass is 453 g/mol. The summed E-state index contributed by atoms with van der Waals surface area (Å²) in [5.41, 5.74) is 2.49. The molecule has 0 N–H and O–H groups in total. The van der Waals surface area contributed by atoms with Crippen molar-refractivity contribution in [2.24, 2.45) is 5.92 Å². The predicted molar refractivity (Wildman–Crippen MR) is 123 cm³/mol. The summed E-state index contributed by atoms with van der Waals surface area (Å²) in [6, 6.07) is 21.7. The topological polar surface area (TPSA) is 85.4 Å². The summed E-state index contributed by atoms with van der Waals surface area (Å²) in [6.45, 7) is 0. The first-order chi connectivity index (χ1) is 16.5. The third-order valence-corrected chi connectivity index (χ3v) is 6.47. The van der Waals surface area contributed by atoms with Crippen molar-refractivity contribution in [1.82, 2.24) is 4.57 Å². The van der Waals surface area contributed by atoms with Crippen molar-refractivity contribution < 1.29 is 18.9 Å². The van der Waals surface area contributed by atoms with Gasteiger partial charge in [0.15, 0.2) is 0 Å². The second-order valence-corrected chi connectivity index (χ2v) is 8.26. The lowest BCUT2D eigenvalue weighted by atomic mass is 9.82. The van der Waals surface area contributed by atoms with Gasteiger partial charge in [-0.1, -0.05) is 36.4 Å². The molecule has 4 aromatic rings. The van der Waals surface area contributed by atoms with Crippen molar-refractivity contribution >= 4 is 34.5 Å². The molecule has 2 aliphatic rings. The van der Waals surface area contributed by atoms with Crippen LogP contribution in [0.5, 0.6) is 0 Å². The predicted octanol–water partition coefficient (Wildman–Crippen LogP) is 4.67. The number of hydrogen-bond donors (Lipinski definition) is 0. The van der Waals surface area contributed by atoms with E-state index >= 15 is 0 Å². The van der Waals surface area contributed by atoms with Crippen molar-refractivity contribution in [1.29, 1.82) is 0 Å². The summed E-state index contributed by atoms with van der Waals surface area (Å²) < 4.78 is 15.4. The van der Waals surface area contributed by atoms with Crippen LogP contribution in [0.1, 0.15) is 17.2 Å². The van der Waals surface area contributed by atoms with E-state index in [1.54, 1.807) is 0 Å². The van der Waals surface area contributed by atoms with Crippen LogP contribution in [0.3, 0.4) is 0 Å². The third kappa shape index (κ3) is 2.68. The number of hydrogen-bond acceptors (Lipinski definition) is 4. The first-order valence-corrected chi connectivity index (χ1v) is 10.7. The summed E-state index contributed by atoms with van der Waals surface area (Å²) in [6.07, 6.45) is 1.41. The molecular formula is C26H16FN3O4. The smallest absolute Gasteiger partial charge is 0.260 e. The Labute approximate surface area is 192 Å². The summed E-state index contributed by atoms with van der Waals surface area (Å²) >= 11 is 0.